The van der Waals surface area contributed by atoms with Crippen LogP contribution in [0.4, 0.5) is 0 Å². The third-order valence-corrected chi connectivity index (χ3v) is 3.36. The Hall–Kier alpha value is -0.530. The minimum absolute atomic E-state index is 0.0769. The van der Waals surface area contributed by atoms with E-state index in [1.54, 1.807) is 0 Å². The van der Waals surface area contributed by atoms with Gasteiger partial charge in [-0.25, -0.2) is 0 Å². The molecule has 0 amide bonds. The van der Waals surface area contributed by atoms with Crippen LogP contribution >= 0.6 is 0 Å². The zero-order valence-corrected chi connectivity index (χ0v) is 13.1. The first-order valence-electron chi connectivity index (χ1n) is 7.59. The summed E-state index contributed by atoms with van der Waals surface area (Å²) in [5.74, 6) is 0.463. The van der Waals surface area contributed by atoms with Crippen LogP contribution in [0.5, 0.6) is 0 Å². The van der Waals surface area contributed by atoms with Gasteiger partial charge in [-0.1, -0.05) is 52.4 Å². The Balaban J connectivity index is 3.74. The van der Waals surface area contributed by atoms with Crippen LogP contribution in [0, 0.1) is 11.3 Å². The Morgan fingerprint density at radius 1 is 1.06 bits per heavy atom. The number of hydrogen-bond acceptors (Lipinski definition) is 2. The first kappa shape index (κ1) is 17.5. The third kappa shape index (κ3) is 8.54. The third-order valence-electron chi connectivity index (χ3n) is 3.36. The lowest BCUT2D eigenvalue weighted by Crippen LogP contribution is -2.25. The molecule has 18 heavy (non-hydrogen) atoms. The fourth-order valence-electron chi connectivity index (χ4n) is 1.85. The molecule has 1 atom stereocenters. The van der Waals surface area contributed by atoms with Crippen LogP contribution < -0.4 is 0 Å². The van der Waals surface area contributed by atoms with E-state index in [2.05, 4.69) is 13.8 Å². The number of hydrogen-bond donors (Lipinski definition) is 0. The normalized spacial score (nSPS) is 13.4. The second kappa shape index (κ2) is 9.41. The number of carbonyl (C=O) groups excluding carboxylic acids is 1. The largest absolute Gasteiger partial charge is 0.465 e. The highest BCUT2D eigenvalue weighted by Crippen LogP contribution is 2.19. The number of unbranched alkanes of at least 4 members (excludes halogenated alkanes) is 4. The molecule has 0 rings (SSSR count). The van der Waals surface area contributed by atoms with Gasteiger partial charge < -0.3 is 4.74 Å². The molecule has 0 heterocycles. The predicted molar refractivity (Wildman–Crippen MR) is 77.6 cm³/mol. The average molecular weight is 256 g/mol. The summed E-state index contributed by atoms with van der Waals surface area (Å²) in [6.45, 7) is 10.7. The highest BCUT2D eigenvalue weighted by molar-refractivity contribution is 5.75. The molecule has 2 heteroatoms. The first-order valence-corrected chi connectivity index (χ1v) is 7.59. The molecule has 0 saturated carbocycles. The van der Waals surface area contributed by atoms with Crippen molar-refractivity contribution in [2.24, 2.45) is 11.3 Å². The number of carbonyl (C=O) groups is 1. The molecule has 0 aromatic carbocycles. The van der Waals surface area contributed by atoms with E-state index in [-0.39, 0.29) is 11.4 Å². The molecule has 0 aliphatic rings. The zero-order chi connectivity index (χ0) is 14.0. The monoisotopic (exact) mass is 256 g/mol. The summed E-state index contributed by atoms with van der Waals surface area (Å²) in [6, 6.07) is 0. The maximum absolute atomic E-state index is 11.7. The lowest BCUT2D eigenvalue weighted by Gasteiger charge is -2.20. The first-order chi connectivity index (χ1) is 8.41. The lowest BCUT2D eigenvalue weighted by atomic mass is 9.96. The van der Waals surface area contributed by atoms with Gasteiger partial charge in [0, 0.05) is 0 Å². The molecule has 0 aromatic heterocycles. The summed E-state index contributed by atoms with van der Waals surface area (Å²) in [7, 11) is 0. The standard InChI is InChI=1S/C16H32O2/c1-6-8-9-10-11-12-14(7-2)13-18-15(17)16(3,4)5/h14H,6-13H2,1-5H3. The molecule has 0 N–H and O–H groups in total. The van der Waals surface area contributed by atoms with E-state index >= 15 is 0 Å². The molecule has 1 unspecified atom stereocenters. The van der Waals surface area contributed by atoms with Crippen LogP contribution in [0.1, 0.15) is 79.6 Å². The van der Waals surface area contributed by atoms with Gasteiger partial charge in [0.15, 0.2) is 0 Å². The minimum Gasteiger partial charge on any atom is -0.465 e. The molecule has 0 bridgehead atoms. The molecule has 0 fully saturated rings. The highest BCUT2D eigenvalue weighted by atomic mass is 16.5. The molecule has 0 aliphatic heterocycles. The Kier molecular flexibility index (Phi) is 9.13. The van der Waals surface area contributed by atoms with Gasteiger partial charge in [0.1, 0.15) is 0 Å². The van der Waals surface area contributed by atoms with Gasteiger partial charge in [0.05, 0.1) is 12.0 Å². The van der Waals surface area contributed by atoms with Gasteiger partial charge in [-0.15, -0.1) is 0 Å². The molecular weight excluding hydrogens is 224 g/mol. The van der Waals surface area contributed by atoms with Crippen LogP contribution in [0.2, 0.25) is 0 Å². The molecule has 0 saturated heterocycles. The Bertz CT molecular complexity index is 216. The van der Waals surface area contributed by atoms with Gasteiger partial charge in [-0.05, 0) is 33.1 Å². The summed E-state index contributed by atoms with van der Waals surface area (Å²) in [5.41, 5.74) is -0.376. The van der Waals surface area contributed by atoms with Gasteiger partial charge in [-0.2, -0.15) is 0 Å². The van der Waals surface area contributed by atoms with Crippen molar-refractivity contribution in [1.82, 2.24) is 0 Å². The summed E-state index contributed by atoms with van der Waals surface area (Å²) >= 11 is 0. The van der Waals surface area contributed by atoms with Crippen molar-refractivity contribution in [3.05, 3.63) is 0 Å². The second-order valence-corrected chi connectivity index (χ2v) is 6.33. The summed E-state index contributed by atoms with van der Waals surface area (Å²) in [4.78, 5) is 11.7. The highest BCUT2D eigenvalue weighted by Gasteiger charge is 2.23. The van der Waals surface area contributed by atoms with Crippen LogP contribution in [0.25, 0.3) is 0 Å². The summed E-state index contributed by atoms with van der Waals surface area (Å²) < 4.78 is 5.40. The molecule has 2 nitrogen and oxygen atoms in total. The van der Waals surface area contributed by atoms with E-state index in [9.17, 15) is 4.79 Å². The topological polar surface area (TPSA) is 26.3 Å². The van der Waals surface area contributed by atoms with Crippen molar-refractivity contribution in [3.8, 4) is 0 Å². The van der Waals surface area contributed by atoms with E-state index in [1.807, 2.05) is 20.8 Å². The van der Waals surface area contributed by atoms with Crippen molar-refractivity contribution in [1.29, 1.82) is 0 Å². The van der Waals surface area contributed by atoms with Gasteiger partial charge in [-0.3, -0.25) is 4.79 Å². The molecule has 0 aliphatic carbocycles. The van der Waals surface area contributed by atoms with Gasteiger partial charge in [0.2, 0.25) is 0 Å². The van der Waals surface area contributed by atoms with E-state index in [0.29, 0.717) is 12.5 Å². The van der Waals surface area contributed by atoms with Crippen LogP contribution in [0.3, 0.4) is 0 Å². The lowest BCUT2D eigenvalue weighted by molar-refractivity contribution is -0.154. The summed E-state index contributed by atoms with van der Waals surface area (Å²) in [6.07, 6.45) is 8.86. The second-order valence-electron chi connectivity index (χ2n) is 6.33. The smallest absolute Gasteiger partial charge is 0.311 e. The Morgan fingerprint density at radius 3 is 2.17 bits per heavy atom. The van der Waals surface area contributed by atoms with Crippen LogP contribution in [0.15, 0.2) is 0 Å². The van der Waals surface area contributed by atoms with Crippen molar-refractivity contribution < 1.29 is 9.53 Å². The zero-order valence-electron chi connectivity index (χ0n) is 13.1. The van der Waals surface area contributed by atoms with Gasteiger partial charge >= 0.3 is 5.97 Å². The SMILES string of the molecule is CCCCCCCC(CC)COC(=O)C(C)(C)C. The van der Waals surface area contributed by atoms with E-state index in [0.717, 1.165) is 6.42 Å². The molecular formula is C16H32O2. The maximum Gasteiger partial charge on any atom is 0.311 e. The fraction of sp³-hybridized carbons (Fsp3) is 0.938. The van der Waals surface area contributed by atoms with E-state index in [4.69, 9.17) is 4.74 Å². The average Bonchev–Trinajstić information content (AvgIpc) is 2.31. The molecule has 0 spiro atoms. The van der Waals surface area contributed by atoms with Crippen LogP contribution in [-0.4, -0.2) is 12.6 Å². The maximum atomic E-state index is 11.7. The fourth-order valence-corrected chi connectivity index (χ4v) is 1.85. The number of rotatable bonds is 9. The predicted octanol–water partition coefficient (Wildman–Crippen LogP) is 4.96. The van der Waals surface area contributed by atoms with E-state index < -0.39 is 0 Å². The molecule has 0 aromatic rings. The van der Waals surface area contributed by atoms with Crippen LogP contribution in [-0.2, 0) is 9.53 Å². The molecule has 0 radical (unpaired) electrons. The van der Waals surface area contributed by atoms with Gasteiger partial charge in [0.25, 0.3) is 0 Å². The minimum atomic E-state index is -0.376. The molecule has 108 valence electrons. The van der Waals surface area contributed by atoms with Crippen molar-refractivity contribution in [2.45, 2.75) is 79.6 Å². The number of esters is 1. The Morgan fingerprint density at radius 2 is 1.67 bits per heavy atom. The van der Waals surface area contributed by atoms with E-state index in [1.165, 1.54) is 38.5 Å². The van der Waals surface area contributed by atoms with Crippen molar-refractivity contribution in [2.75, 3.05) is 6.61 Å². The quantitative estimate of drug-likeness (QED) is 0.430. The van der Waals surface area contributed by atoms with Crippen molar-refractivity contribution in [3.63, 3.8) is 0 Å². The Labute approximate surface area is 113 Å². The summed E-state index contributed by atoms with van der Waals surface area (Å²) in [5, 5.41) is 0. The van der Waals surface area contributed by atoms with Crippen molar-refractivity contribution >= 4 is 5.97 Å². The number of ether oxygens (including phenoxy) is 1.